The number of para-hydroxylation sites is 1. The molecule has 4 unspecified atom stereocenters. The zero-order valence-electron chi connectivity index (χ0n) is 25.8. The highest BCUT2D eigenvalue weighted by molar-refractivity contribution is 8.00. The Kier molecular flexibility index (Phi) is 11.5. The van der Waals surface area contributed by atoms with Crippen molar-refractivity contribution in [2.75, 3.05) is 23.2 Å². The summed E-state index contributed by atoms with van der Waals surface area (Å²) in [6.07, 6.45) is 2.53. The fourth-order valence-electron chi connectivity index (χ4n) is 5.80. The monoisotopic (exact) mass is 706 g/mol. The number of rotatable bonds is 15. The van der Waals surface area contributed by atoms with E-state index in [4.69, 9.17) is 16.3 Å². The van der Waals surface area contributed by atoms with Gasteiger partial charge in [0.15, 0.2) is 0 Å². The fraction of sp³-hybridized carbons (Fsp3) is 0.394. The smallest absolute Gasteiger partial charge is 0.315 e. The largest absolute Gasteiger partial charge is 0.493 e. The van der Waals surface area contributed by atoms with Gasteiger partial charge in [-0.15, -0.1) is 0 Å². The molecular formula is C33H37ClF2N4O5S2. The average molecular weight is 707 g/mol. The molecule has 3 aromatic carbocycles. The minimum absolute atomic E-state index is 0.0504. The Hall–Kier alpha value is -3.55. The van der Waals surface area contributed by atoms with Crippen LogP contribution in [0.5, 0.6) is 5.75 Å². The summed E-state index contributed by atoms with van der Waals surface area (Å²) in [5, 5.41) is 9.54. The number of carbonyl (C=O) groups excluding carboxylic acids is 2. The van der Waals surface area contributed by atoms with E-state index in [1.165, 1.54) is 24.3 Å². The molecule has 0 spiro atoms. The van der Waals surface area contributed by atoms with E-state index in [0.29, 0.717) is 46.9 Å². The average Bonchev–Trinajstić information content (AvgIpc) is 3.60. The van der Waals surface area contributed by atoms with Crippen LogP contribution in [0.15, 0.2) is 71.6 Å². The molecule has 2 saturated heterocycles. The number of benzene rings is 3. The van der Waals surface area contributed by atoms with E-state index in [1.54, 1.807) is 24.3 Å². The van der Waals surface area contributed by atoms with Crippen LogP contribution in [-0.4, -0.2) is 56.6 Å². The van der Waals surface area contributed by atoms with Crippen molar-refractivity contribution >= 4 is 51.0 Å². The molecule has 9 nitrogen and oxygen atoms in total. The topological polar surface area (TPSA) is 117 Å². The number of ether oxygens (including phenoxy) is 1. The number of urea groups is 1. The number of hydrogen-bond donors (Lipinski definition) is 3. The second-order valence-electron chi connectivity index (χ2n) is 11.6. The molecule has 0 aliphatic carbocycles. The van der Waals surface area contributed by atoms with E-state index >= 15 is 0 Å². The number of nitrogens with zero attached hydrogens (tertiary/aromatic N) is 1. The van der Waals surface area contributed by atoms with Gasteiger partial charge in [0.2, 0.25) is 5.91 Å². The summed E-state index contributed by atoms with van der Waals surface area (Å²) in [7, 11) is -4.34. The number of amides is 3. The van der Waals surface area contributed by atoms with Gasteiger partial charge in [-0.25, -0.2) is 22.0 Å². The number of thioether (sulfide) groups is 1. The van der Waals surface area contributed by atoms with Gasteiger partial charge >= 0.3 is 6.03 Å². The number of hydrogen-bond acceptors (Lipinski definition) is 6. The number of sulfonamides is 1. The minimum Gasteiger partial charge on any atom is -0.493 e. The summed E-state index contributed by atoms with van der Waals surface area (Å²) in [5.74, 6) is -0.102. The van der Waals surface area contributed by atoms with Gasteiger partial charge in [0.1, 0.15) is 17.4 Å². The number of carbonyl (C=O) groups is 2. The van der Waals surface area contributed by atoms with E-state index in [2.05, 4.69) is 22.9 Å². The Balaban J connectivity index is 1.13. The molecule has 2 aliphatic heterocycles. The Morgan fingerprint density at radius 3 is 2.66 bits per heavy atom. The fourth-order valence-corrected chi connectivity index (χ4v) is 9.02. The Labute approximate surface area is 282 Å². The Morgan fingerprint density at radius 1 is 1.11 bits per heavy atom. The lowest BCUT2D eigenvalue weighted by Gasteiger charge is -2.26. The molecule has 0 bridgehead atoms. The van der Waals surface area contributed by atoms with E-state index in [-0.39, 0.29) is 42.1 Å². The van der Waals surface area contributed by atoms with Crippen LogP contribution in [0.3, 0.4) is 0 Å². The molecule has 0 saturated carbocycles. The zero-order valence-corrected chi connectivity index (χ0v) is 28.1. The second-order valence-corrected chi connectivity index (χ2v) is 15.1. The van der Waals surface area contributed by atoms with Crippen molar-refractivity contribution in [1.82, 2.24) is 16.0 Å². The van der Waals surface area contributed by atoms with Crippen LogP contribution in [-0.2, 0) is 21.4 Å². The van der Waals surface area contributed by atoms with Crippen molar-refractivity contribution in [2.45, 2.75) is 61.4 Å². The second kappa shape index (κ2) is 15.6. The summed E-state index contributed by atoms with van der Waals surface area (Å²) in [6.45, 7) is 2.45. The van der Waals surface area contributed by atoms with Gasteiger partial charge in [-0.3, -0.25) is 9.10 Å². The molecule has 3 N–H and O–H groups in total. The summed E-state index contributed by atoms with van der Waals surface area (Å²) in [5.41, 5.74) is -0.00748. The molecular weight excluding hydrogens is 670 g/mol. The van der Waals surface area contributed by atoms with Gasteiger partial charge < -0.3 is 20.7 Å². The van der Waals surface area contributed by atoms with Crippen molar-refractivity contribution in [2.24, 2.45) is 5.92 Å². The first-order valence-corrected chi connectivity index (χ1v) is 18.3. The SMILES string of the molecule is CC(CCCC(=O)NCCCOc1ccccc1CN(c1cc(F)ccc1F)S(=O)(=O)c1ccc(Cl)cc1)C1SCC2NC(=O)NC21. The van der Waals surface area contributed by atoms with Crippen molar-refractivity contribution in [1.29, 1.82) is 0 Å². The van der Waals surface area contributed by atoms with E-state index in [9.17, 15) is 26.8 Å². The highest BCUT2D eigenvalue weighted by atomic mass is 35.5. The third kappa shape index (κ3) is 8.68. The molecule has 47 heavy (non-hydrogen) atoms. The van der Waals surface area contributed by atoms with Crippen LogP contribution in [0.1, 0.15) is 38.2 Å². The molecule has 3 aromatic rings. The van der Waals surface area contributed by atoms with Crippen molar-refractivity contribution in [3.63, 3.8) is 0 Å². The molecule has 2 heterocycles. The molecule has 3 amide bonds. The molecule has 14 heteroatoms. The summed E-state index contributed by atoms with van der Waals surface area (Å²) >= 11 is 7.81. The van der Waals surface area contributed by atoms with Crippen LogP contribution in [0, 0.1) is 17.6 Å². The number of anilines is 1. The molecule has 4 atom stereocenters. The number of nitrogens with one attached hydrogen (secondary N) is 3. The molecule has 252 valence electrons. The molecule has 5 rings (SSSR count). The summed E-state index contributed by atoms with van der Waals surface area (Å²) in [4.78, 5) is 23.9. The lowest BCUT2D eigenvalue weighted by atomic mass is 9.93. The summed E-state index contributed by atoms with van der Waals surface area (Å²) < 4.78 is 63.4. The third-order valence-corrected chi connectivity index (χ3v) is 12.0. The van der Waals surface area contributed by atoms with Gasteiger partial charge in [0.05, 0.1) is 35.8 Å². The van der Waals surface area contributed by atoms with E-state index < -0.39 is 27.3 Å². The first kappa shape index (κ1) is 34.8. The number of halogens is 3. The maximum Gasteiger partial charge on any atom is 0.315 e. The zero-order chi connectivity index (χ0) is 33.6. The molecule has 2 aliphatic rings. The van der Waals surface area contributed by atoms with Crippen LogP contribution in [0.4, 0.5) is 19.3 Å². The number of fused-ring (bicyclic) bond motifs is 1. The quantitative estimate of drug-likeness (QED) is 0.135. The van der Waals surface area contributed by atoms with E-state index in [1.807, 2.05) is 11.8 Å². The lowest BCUT2D eigenvalue weighted by Crippen LogP contribution is -2.39. The minimum atomic E-state index is -4.34. The van der Waals surface area contributed by atoms with Gasteiger partial charge in [0, 0.05) is 40.6 Å². The first-order valence-electron chi connectivity index (χ1n) is 15.4. The summed E-state index contributed by atoms with van der Waals surface area (Å²) in [6, 6.07) is 15.0. The van der Waals surface area contributed by atoms with E-state index in [0.717, 1.165) is 41.1 Å². The van der Waals surface area contributed by atoms with Crippen molar-refractivity contribution in [3.8, 4) is 5.75 Å². The Morgan fingerprint density at radius 2 is 1.87 bits per heavy atom. The molecule has 0 radical (unpaired) electrons. The maximum atomic E-state index is 15.0. The van der Waals surface area contributed by atoms with Crippen LogP contribution >= 0.6 is 23.4 Å². The van der Waals surface area contributed by atoms with Crippen LogP contribution < -0.4 is 25.0 Å². The standard InChI is InChI=1S/C33H37ClF2N4O5S2/c1-21(32-31-27(20-46-32)38-33(42)39-31)6-4-9-30(41)37-16-5-17-45-29-8-3-2-7-22(29)19-40(28-18-24(35)12-15-26(28)36)47(43,44)25-13-10-23(34)11-14-25/h2-3,7-8,10-15,18,21,27,31-32H,4-6,9,16-17,19-20H2,1H3,(H,37,41)(H2,38,39,42). The highest BCUT2D eigenvalue weighted by Crippen LogP contribution is 2.36. The predicted octanol–water partition coefficient (Wildman–Crippen LogP) is 5.87. The Bertz CT molecular complexity index is 1680. The van der Waals surface area contributed by atoms with Crippen LogP contribution in [0.2, 0.25) is 5.02 Å². The van der Waals surface area contributed by atoms with Gasteiger partial charge in [0.25, 0.3) is 10.0 Å². The molecule has 0 aromatic heterocycles. The van der Waals surface area contributed by atoms with Crippen LogP contribution in [0.25, 0.3) is 0 Å². The first-order chi connectivity index (χ1) is 22.5. The highest BCUT2D eigenvalue weighted by Gasteiger charge is 2.44. The maximum absolute atomic E-state index is 15.0. The lowest BCUT2D eigenvalue weighted by molar-refractivity contribution is -0.121. The van der Waals surface area contributed by atoms with Gasteiger partial charge in [-0.05, 0) is 67.6 Å². The normalized spacial score (nSPS) is 19.4. The van der Waals surface area contributed by atoms with Crippen molar-refractivity contribution in [3.05, 3.63) is 89.0 Å². The third-order valence-electron chi connectivity index (χ3n) is 8.26. The van der Waals surface area contributed by atoms with Gasteiger partial charge in [-0.1, -0.05) is 36.7 Å². The van der Waals surface area contributed by atoms with Crippen molar-refractivity contribution < 1.29 is 31.5 Å². The van der Waals surface area contributed by atoms with Gasteiger partial charge in [-0.2, -0.15) is 11.8 Å². The predicted molar refractivity (Wildman–Crippen MR) is 179 cm³/mol. The molecule has 2 fully saturated rings.